The minimum absolute atomic E-state index is 0.0385. The molecule has 0 radical (unpaired) electrons. The number of anilines is 2. The summed E-state index contributed by atoms with van der Waals surface area (Å²) in [5.74, 6) is -0.306. The van der Waals surface area contributed by atoms with Gasteiger partial charge in [0.05, 0.1) is 7.11 Å². The monoisotopic (exact) mass is 421 g/mol. The second-order valence-electron chi connectivity index (χ2n) is 6.78. The number of ether oxygens (including phenoxy) is 1. The summed E-state index contributed by atoms with van der Waals surface area (Å²) in [4.78, 5) is 20.6. The highest BCUT2D eigenvalue weighted by Crippen LogP contribution is 2.24. The van der Waals surface area contributed by atoms with Crippen molar-refractivity contribution in [1.29, 1.82) is 0 Å². The largest absolute Gasteiger partial charge is 0.494 e. The van der Waals surface area contributed by atoms with Crippen molar-refractivity contribution in [2.75, 3.05) is 19.5 Å². The summed E-state index contributed by atoms with van der Waals surface area (Å²) >= 11 is 0. The smallest absolute Gasteiger partial charge is 0.251 e. The molecule has 0 fully saturated rings. The highest BCUT2D eigenvalue weighted by atomic mass is 19.1. The average molecular weight is 421 g/mol. The molecule has 0 unspecified atom stereocenters. The van der Waals surface area contributed by atoms with E-state index in [9.17, 15) is 9.18 Å². The Hall–Kier alpha value is -4.08. The fourth-order valence-corrected chi connectivity index (χ4v) is 3.11. The van der Waals surface area contributed by atoms with Crippen LogP contribution in [0, 0.1) is 5.82 Å². The maximum Gasteiger partial charge on any atom is 0.251 e. The first kappa shape index (κ1) is 20.2. The van der Waals surface area contributed by atoms with E-state index in [-0.39, 0.29) is 11.7 Å². The number of nitrogens with one attached hydrogen (secondary N) is 2. The number of hydrogen-bond donors (Lipinski definition) is 2. The van der Waals surface area contributed by atoms with Gasteiger partial charge in [-0.1, -0.05) is 0 Å². The van der Waals surface area contributed by atoms with Crippen LogP contribution in [-0.2, 0) is 12.8 Å². The molecule has 3 heterocycles. The molecule has 0 atom stereocenters. The lowest BCUT2D eigenvalue weighted by atomic mass is 10.0. The van der Waals surface area contributed by atoms with Crippen molar-refractivity contribution < 1.29 is 13.9 Å². The molecule has 0 saturated carbocycles. The topological polar surface area (TPSA) is 106 Å². The van der Waals surface area contributed by atoms with E-state index in [0.29, 0.717) is 35.6 Å². The summed E-state index contributed by atoms with van der Waals surface area (Å²) in [5.41, 5.74) is 3.06. The van der Waals surface area contributed by atoms with E-state index in [2.05, 4.69) is 30.8 Å². The molecule has 0 aliphatic rings. The molecule has 2 N–H and O–H groups in total. The second kappa shape index (κ2) is 8.74. The summed E-state index contributed by atoms with van der Waals surface area (Å²) in [7, 11) is 2.89. The number of carbonyl (C=O) groups excluding carboxylic acids is 1. The lowest BCUT2D eigenvalue weighted by molar-refractivity contribution is 0.0962. The third-order valence-corrected chi connectivity index (χ3v) is 4.77. The number of rotatable bonds is 7. The number of methoxy groups -OCH3 is 1. The Morgan fingerprint density at radius 3 is 2.74 bits per heavy atom. The molecule has 1 aromatic carbocycles. The van der Waals surface area contributed by atoms with Crippen molar-refractivity contribution in [2.24, 2.45) is 0 Å². The van der Waals surface area contributed by atoms with Crippen molar-refractivity contribution in [2.45, 2.75) is 12.8 Å². The Labute approximate surface area is 177 Å². The van der Waals surface area contributed by atoms with Crippen molar-refractivity contribution in [1.82, 2.24) is 29.9 Å². The zero-order valence-corrected chi connectivity index (χ0v) is 17.0. The first-order valence-electron chi connectivity index (χ1n) is 9.53. The number of aromatic nitrogens is 5. The fraction of sp³-hybridized carbons (Fsp3) is 0.190. The van der Waals surface area contributed by atoms with Gasteiger partial charge in [-0.3, -0.25) is 9.20 Å². The lowest BCUT2D eigenvalue weighted by Gasteiger charge is -2.11. The molecular weight excluding hydrogens is 401 g/mol. The number of amides is 1. The number of hydrogen-bond acceptors (Lipinski definition) is 7. The predicted molar refractivity (Wildman–Crippen MR) is 112 cm³/mol. The van der Waals surface area contributed by atoms with E-state index < -0.39 is 5.82 Å². The van der Waals surface area contributed by atoms with Crippen LogP contribution in [0.1, 0.15) is 21.5 Å². The maximum atomic E-state index is 14.6. The Balaban J connectivity index is 1.45. The van der Waals surface area contributed by atoms with Gasteiger partial charge < -0.3 is 15.4 Å². The van der Waals surface area contributed by atoms with E-state index >= 15 is 0 Å². The summed E-state index contributed by atoms with van der Waals surface area (Å²) < 4.78 is 21.5. The van der Waals surface area contributed by atoms with Crippen LogP contribution in [0.2, 0.25) is 0 Å². The van der Waals surface area contributed by atoms with Gasteiger partial charge in [-0.25, -0.2) is 14.4 Å². The highest BCUT2D eigenvalue weighted by molar-refractivity contribution is 5.94. The summed E-state index contributed by atoms with van der Waals surface area (Å²) in [6.07, 6.45) is 7.69. The molecule has 0 spiro atoms. The first-order valence-corrected chi connectivity index (χ1v) is 9.53. The summed E-state index contributed by atoms with van der Waals surface area (Å²) in [6, 6.07) is 6.62. The van der Waals surface area contributed by atoms with E-state index in [1.54, 1.807) is 23.1 Å². The first-order chi connectivity index (χ1) is 15.1. The van der Waals surface area contributed by atoms with Gasteiger partial charge in [0.2, 0.25) is 5.95 Å². The minimum atomic E-state index is -0.474. The maximum absolute atomic E-state index is 14.6. The van der Waals surface area contributed by atoms with Gasteiger partial charge in [0.15, 0.2) is 17.2 Å². The van der Waals surface area contributed by atoms with Crippen molar-refractivity contribution >= 4 is 23.2 Å². The number of halogens is 1. The molecule has 31 heavy (non-hydrogen) atoms. The van der Waals surface area contributed by atoms with Gasteiger partial charge in [0, 0.05) is 43.0 Å². The summed E-state index contributed by atoms with van der Waals surface area (Å²) in [5, 5.41) is 13.5. The van der Waals surface area contributed by atoms with E-state index in [4.69, 9.17) is 4.74 Å². The van der Waals surface area contributed by atoms with E-state index in [0.717, 1.165) is 11.3 Å². The number of fused-ring (bicyclic) bond motifs is 1. The highest BCUT2D eigenvalue weighted by Gasteiger charge is 2.15. The molecule has 0 bridgehead atoms. The van der Waals surface area contributed by atoms with Gasteiger partial charge in [-0.2, -0.15) is 0 Å². The molecule has 1 amide bonds. The molecule has 9 nitrogen and oxygen atoms in total. The molecule has 10 heteroatoms. The Kier molecular flexibility index (Phi) is 5.69. The lowest BCUT2D eigenvalue weighted by Crippen LogP contribution is -2.18. The van der Waals surface area contributed by atoms with Crippen LogP contribution in [0.4, 0.5) is 16.0 Å². The zero-order chi connectivity index (χ0) is 21.8. The van der Waals surface area contributed by atoms with Crippen LogP contribution in [-0.4, -0.2) is 44.6 Å². The molecule has 0 aliphatic heterocycles. The third-order valence-electron chi connectivity index (χ3n) is 4.77. The minimum Gasteiger partial charge on any atom is -0.494 e. The van der Waals surface area contributed by atoms with Gasteiger partial charge in [-0.05, 0) is 42.2 Å². The predicted octanol–water partition coefficient (Wildman–Crippen LogP) is 2.56. The van der Waals surface area contributed by atoms with Crippen molar-refractivity contribution in [3.8, 4) is 5.75 Å². The van der Waals surface area contributed by atoms with Crippen LogP contribution in [0.5, 0.6) is 5.75 Å². The van der Waals surface area contributed by atoms with Crippen LogP contribution in [0.25, 0.3) is 5.65 Å². The quantitative estimate of drug-likeness (QED) is 0.472. The van der Waals surface area contributed by atoms with E-state index in [1.165, 1.54) is 26.3 Å². The molecule has 3 aromatic heterocycles. The number of pyridine rings is 1. The molecule has 4 rings (SSSR count). The molecule has 158 valence electrons. The normalized spacial score (nSPS) is 10.8. The SMILES string of the molecule is CNC(=O)c1cc(CCc2cnc(Nc3ccn4cnnc4c3)nc2)c(F)c(OC)c1. The van der Waals surface area contributed by atoms with Gasteiger partial charge in [0.1, 0.15) is 6.33 Å². The Morgan fingerprint density at radius 2 is 2.00 bits per heavy atom. The second-order valence-corrected chi connectivity index (χ2v) is 6.78. The summed E-state index contributed by atoms with van der Waals surface area (Å²) in [6.45, 7) is 0. The third kappa shape index (κ3) is 4.42. The zero-order valence-electron chi connectivity index (χ0n) is 17.0. The van der Waals surface area contributed by atoms with Crippen molar-refractivity contribution in [3.63, 3.8) is 0 Å². The van der Waals surface area contributed by atoms with Crippen LogP contribution < -0.4 is 15.4 Å². The van der Waals surface area contributed by atoms with E-state index in [1.807, 2.05) is 18.3 Å². The van der Waals surface area contributed by atoms with Gasteiger partial charge in [0.25, 0.3) is 5.91 Å². The van der Waals surface area contributed by atoms with Crippen LogP contribution in [0.15, 0.2) is 49.2 Å². The fourth-order valence-electron chi connectivity index (χ4n) is 3.11. The molecule has 0 aliphatic carbocycles. The Morgan fingerprint density at radius 1 is 1.19 bits per heavy atom. The van der Waals surface area contributed by atoms with Crippen LogP contribution >= 0.6 is 0 Å². The number of aryl methyl sites for hydroxylation is 2. The molecule has 0 saturated heterocycles. The molecule has 4 aromatic rings. The number of benzene rings is 1. The average Bonchev–Trinajstić information content (AvgIpc) is 3.26. The van der Waals surface area contributed by atoms with Crippen molar-refractivity contribution in [3.05, 3.63) is 71.7 Å². The van der Waals surface area contributed by atoms with Crippen LogP contribution in [0.3, 0.4) is 0 Å². The van der Waals surface area contributed by atoms with Gasteiger partial charge >= 0.3 is 0 Å². The number of nitrogens with zero attached hydrogens (tertiary/aromatic N) is 5. The van der Waals surface area contributed by atoms with Gasteiger partial charge in [-0.15, -0.1) is 10.2 Å². The molecular formula is C21H20FN7O2. The standard InChI is InChI=1S/C21H20FN7O2/c1-23-20(30)15-7-14(19(22)17(8-15)31-2)4-3-13-10-24-21(25-11-13)27-16-5-6-29-12-26-28-18(29)9-16/h5-12H,3-4H2,1-2H3,(H,23,30)(H,24,25,27). The Bertz CT molecular complexity index is 1220. The number of carbonyl (C=O) groups is 1.